The third-order valence-electron chi connectivity index (χ3n) is 3.86. The summed E-state index contributed by atoms with van der Waals surface area (Å²) >= 11 is 7.63. The topological polar surface area (TPSA) is 65.6 Å². The lowest BCUT2D eigenvalue weighted by Gasteiger charge is -2.08. The van der Waals surface area contributed by atoms with Gasteiger partial charge in [-0.1, -0.05) is 41.9 Å². The van der Waals surface area contributed by atoms with Gasteiger partial charge in [0.05, 0.1) is 5.39 Å². The van der Waals surface area contributed by atoms with Crippen LogP contribution in [0.2, 0.25) is 4.34 Å². The van der Waals surface area contributed by atoms with Crippen molar-refractivity contribution < 1.29 is 9.84 Å². The van der Waals surface area contributed by atoms with Gasteiger partial charge in [0.25, 0.3) is 5.56 Å². The third kappa shape index (κ3) is 2.26. The van der Waals surface area contributed by atoms with Crippen LogP contribution in [0, 0.1) is 0 Å². The summed E-state index contributed by atoms with van der Waals surface area (Å²) in [6.45, 7) is 0.336. The van der Waals surface area contributed by atoms with E-state index in [1.54, 1.807) is 11.1 Å². The van der Waals surface area contributed by atoms with Crippen LogP contribution in [0.25, 0.3) is 27.1 Å². The molecule has 0 bridgehead atoms. The molecule has 1 aliphatic rings. The van der Waals surface area contributed by atoms with E-state index in [1.807, 2.05) is 37.4 Å². The van der Waals surface area contributed by atoms with Crippen LogP contribution in [0.15, 0.2) is 41.3 Å². The molecule has 0 aliphatic carbocycles. The van der Waals surface area contributed by atoms with Crippen molar-refractivity contribution in [2.75, 3.05) is 13.8 Å². The molecule has 0 saturated heterocycles. The van der Waals surface area contributed by atoms with Gasteiger partial charge in [-0.3, -0.25) is 4.79 Å². The number of nitrogens with one attached hydrogen (secondary N) is 1. The minimum Gasteiger partial charge on any atom is -0.506 e. The summed E-state index contributed by atoms with van der Waals surface area (Å²) in [7, 11) is 1.83. The van der Waals surface area contributed by atoms with E-state index in [4.69, 9.17) is 16.3 Å². The Morgan fingerprint density at radius 1 is 1.29 bits per heavy atom. The molecular formula is C17H13ClN2O3S. The molecule has 4 rings (SSSR count). The van der Waals surface area contributed by atoms with E-state index in [1.165, 1.54) is 11.3 Å². The van der Waals surface area contributed by atoms with Crippen LogP contribution in [-0.4, -0.2) is 28.8 Å². The first kappa shape index (κ1) is 15.1. The Morgan fingerprint density at radius 3 is 2.71 bits per heavy atom. The molecule has 0 spiro atoms. The fourth-order valence-corrected chi connectivity index (χ4v) is 4.17. The van der Waals surface area contributed by atoms with Crippen molar-refractivity contribution in [3.63, 3.8) is 0 Å². The molecule has 5 nitrogen and oxygen atoms in total. The number of aromatic amines is 1. The number of aromatic hydroxyl groups is 1. The van der Waals surface area contributed by atoms with E-state index in [2.05, 4.69) is 4.98 Å². The van der Waals surface area contributed by atoms with Crippen LogP contribution in [0.3, 0.4) is 0 Å². The van der Waals surface area contributed by atoms with Crippen LogP contribution in [0.4, 0.5) is 0 Å². The summed E-state index contributed by atoms with van der Waals surface area (Å²) in [6.07, 6.45) is 1.69. The number of halogens is 1. The summed E-state index contributed by atoms with van der Waals surface area (Å²) in [5.41, 5.74) is 1.30. The molecule has 1 aliphatic heterocycles. The van der Waals surface area contributed by atoms with Gasteiger partial charge >= 0.3 is 0 Å². The molecule has 3 heterocycles. The Balaban J connectivity index is 2.05. The van der Waals surface area contributed by atoms with Gasteiger partial charge in [-0.2, -0.15) is 0 Å². The van der Waals surface area contributed by atoms with E-state index >= 15 is 0 Å². The number of nitrogens with zero attached hydrogens (tertiary/aromatic N) is 1. The number of benzene rings is 1. The quantitative estimate of drug-likeness (QED) is 0.728. The highest BCUT2D eigenvalue weighted by Crippen LogP contribution is 2.46. The molecule has 3 aromatic rings. The summed E-state index contributed by atoms with van der Waals surface area (Å²) in [5, 5.41) is 11.4. The fraction of sp³-hybridized carbons (Fsp3) is 0.118. The lowest BCUT2D eigenvalue weighted by Crippen LogP contribution is -2.12. The van der Waals surface area contributed by atoms with Crippen LogP contribution in [0.5, 0.6) is 5.75 Å². The number of rotatable bonds is 2. The molecule has 7 heteroatoms. The van der Waals surface area contributed by atoms with Crippen molar-refractivity contribution in [1.29, 1.82) is 0 Å². The lowest BCUT2D eigenvalue weighted by atomic mass is 10.0. The van der Waals surface area contributed by atoms with Gasteiger partial charge in [-0.25, -0.2) is 0 Å². The largest absolute Gasteiger partial charge is 0.506 e. The zero-order valence-corrected chi connectivity index (χ0v) is 14.2. The average molecular weight is 361 g/mol. The molecule has 122 valence electrons. The van der Waals surface area contributed by atoms with E-state index in [0.29, 0.717) is 32.6 Å². The first-order chi connectivity index (χ1) is 11.6. The Bertz CT molecular complexity index is 1020. The number of hydrogen-bond donors (Lipinski definition) is 2. The van der Waals surface area contributed by atoms with Crippen molar-refractivity contribution >= 4 is 38.9 Å². The van der Waals surface area contributed by atoms with Gasteiger partial charge < -0.3 is 19.7 Å². The predicted octanol–water partition coefficient (Wildman–Crippen LogP) is 3.83. The molecule has 0 amide bonds. The second kappa shape index (κ2) is 5.58. The number of aromatic nitrogens is 1. The summed E-state index contributed by atoms with van der Waals surface area (Å²) in [6, 6.07) is 9.53. The number of ether oxygens (including phenoxy) is 1. The van der Waals surface area contributed by atoms with Crippen LogP contribution >= 0.6 is 22.9 Å². The number of thiophene rings is 1. The highest BCUT2D eigenvalue weighted by molar-refractivity contribution is 7.23. The molecule has 0 atom stereocenters. The average Bonchev–Trinajstić information content (AvgIpc) is 3.11. The van der Waals surface area contributed by atoms with E-state index in [9.17, 15) is 9.90 Å². The number of fused-ring (bicyclic) bond motifs is 1. The smallest absolute Gasteiger partial charge is 0.263 e. The van der Waals surface area contributed by atoms with Crippen molar-refractivity contribution in [2.45, 2.75) is 0 Å². The Hall–Kier alpha value is -2.44. The van der Waals surface area contributed by atoms with E-state index in [0.717, 1.165) is 5.56 Å². The molecule has 24 heavy (non-hydrogen) atoms. The molecule has 0 saturated carbocycles. The minimum atomic E-state index is -0.404. The zero-order valence-electron chi connectivity index (χ0n) is 12.7. The second-order valence-corrected chi connectivity index (χ2v) is 7.15. The zero-order chi connectivity index (χ0) is 16.8. The Kier molecular flexibility index (Phi) is 3.51. The van der Waals surface area contributed by atoms with Crippen LogP contribution in [0.1, 0.15) is 5.56 Å². The highest BCUT2D eigenvalue weighted by Gasteiger charge is 2.25. The Labute approximate surface area is 146 Å². The molecule has 0 fully saturated rings. The number of pyridine rings is 1. The molecule has 1 aromatic carbocycles. The van der Waals surface area contributed by atoms with Crippen molar-refractivity contribution in [3.05, 3.63) is 56.8 Å². The van der Waals surface area contributed by atoms with Crippen molar-refractivity contribution in [3.8, 4) is 16.9 Å². The monoisotopic (exact) mass is 360 g/mol. The SMILES string of the molecule is CN1C=C(c2c(O)c3c(-c4ccccc4)c(Cl)sc3[nH]c2=O)OC1. The maximum absolute atomic E-state index is 12.4. The first-order valence-corrected chi connectivity index (χ1v) is 8.43. The predicted molar refractivity (Wildman–Crippen MR) is 96.2 cm³/mol. The van der Waals surface area contributed by atoms with Gasteiger partial charge in [-0.05, 0) is 5.56 Å². The molecule has 0 radical (unpaired) electrons. The summed E-state index contributed by atoms with van der Waals surface area (Å²) in [4.78, 5) is 17.5. The number of hydrogen-bond acceptors (Lipinski definition) is 5. The summed E-state index contributed by atoms with van der Waals surface area (Å²) in [5.74, 6) is 0.233. The van der Waals surface area contributed by atoms with Crippen LogP contribution < -0.4 is 5.56 Å². The highest BCUT2D eigenvalue weighted by atomic mass is 35.5. The van der Waals surface area contributed by atoms with Gasteiger partial charge in [0.2, 0.25) is 0 Å². The van der Waals surface area contributed by atoms with Gasteiger partial charge in [0.15, 0.2) is 12.5 Å². The number of H-pyrrole nitrogens is 1. The van der Waals surface area contributed by atoms with Crippen molar-refractivity contribution in [1.82, 2.24) is 9.88 Å². The normalized spacial score (nSPS) is 14.1. The third-order valence-corrected chi connectivity index (χ3v) is 5.18. The standard InChI is InChI=1S/C17H13ClN2O3S/c1-20-7-10(23-8-20)12-14(21)13-11(9-5-3-2-4-6-9)15(18)24-17(13)19-16(12)22/h2-7H,8H2,1H3,(H2,19,21,22). The van der Waals surface area contributed by atoms with E-state index in [-0.39, 0.29) is 11.3 Å². The summed E-state index contributed by atoms with van der Waals surface area (Å²) < 4.78 is 6.00. The van der Waals surface area contributed by atoms with Gasteiger partial charge in [0, 0.05) is 18.8 Å². The fourth-order valence-electron chi connectivity index (χ4n) is 2.79. The minimum absolute atomic E-state index is 0.114. The molecule has 2 aromatic heterocycles. The van der Waals surface area contributed by atoms with Gasteiger partial charge in [0.1, 0.15) is 20.5 Å². The van der Waals surface area contributed by atoms with Crippen LogP contribution in [-0.2, 0) is 4.74 Å². The molecular weight excluding hydrogens is 348 g/mol. The Morgan fingerprint density at radius 2 is 2.04 bits per heavy atom. The van der Waals surface area contributed by atoms with Gasteiger partial charge in [-0.15, -0.1) is 11.3 Å². The lowest BCUT2D eigenvalue weighted by molar-refractivity contribution is 0.206. The maximum Gasteiger partial charge on any atom is 0.263 e. The second-order valence-electron chi connectivity index (χ2n) is 5.52. The van der Waals surface area contributed by atoms with E-state index < -0.39 is 5.56 Å². The molecule has 0 unspecified atom stereocenters. The van der Waals surface area contributed by atoms with Crippen molar-refractivity contribution in [2.24, 2.45) is 0 Å². The first-order valence-electron chi connectivity index (χ1n) is 7.24. The molecule has 2 N–H and O–H groups in total. The maximum atomic E-state index is 12.4.